The molecular formula is C12H18FNO2. The fraction of sp³-hybridized carbons (Fsp3) is 0.583. The number of aliphatic hydroxyl groups is 1. The maximum atomic E-state index is 12.8. The number of halogens is 1. The van der Waals surface area contributed by atoms with Gasteiger partial charge in [-0.15, -0.1) is 0 Å². The van der Waals surface area contributed by atoms with Crippen molar-refractivity contribution in [3.8, 4) is 5.88 Å². The minimum atomic E-state index is -0.693. The fourth-order valence-corrected chi connectivity index (χ4v) is 1.16. The van der Waals surface area contributed by atoms with Gasteiger partial charge in [-0.25, -0.2) is 0 Å². The average Bonchev–Trinajstić information content (AvgIpc) is 2.96. The first-order valence-corrected chi connectivity index (χ1v) is 5.57. The maximum Gasteiger partial charge on any atom is 0.216 e. The summed E-state index contributed by atoms with van der Waals surface area (Å²) in [5, 5.41) is 9.48. The monoisotopic (exact) mass is 227 g/mol. The van der Waals surface area contributed by atoms with Crippen LogP contribution in [0.4, 0.5) is 4.39 Å². The van der Waals surface area contributed by atoms with Crippen LogP contribution in [0.25, 0.3) is 0 Å². The van der Waals surface area contributed by atoms with Crippen molar-refractivity contribution < 1.29 is 14.2 Å². The zero-order valence-electron chi connectivity index (χ0n) is 9.96. The van der Waals surface area contributed by atoms with Crippen molar-refractivity contribution in [2.75, 3.05) is 6.61 Å². The Morgan fingerprint density at radius 2 is 2.06 bits per heavy atom. The molecule has 16 heavy (non-hydrogen) atoms. The molecule has 1 aromatic rings. The molecule has 0 bridgehead atoms. The van der Waals surface area contributed by atoms with Gasteiger partial charge in [-0.3, -0.25) is 0 Å². The van der Waals surface area contributed by atoms with Crippen LogP contribution in [0.2, 0.25) is 0 Å². The summed E-state index contributed by atoms with van der Waals surface area (Å²) >= 11 is 0. The average molecular weight is 227 g/mol. The molecule has 1 aromatic heterocycles. The van der Waals surface area contributed by atoms with Crippen LogP contribution < -0.4 is 4.74 Å². The van der Waals surface area contributed by atoms with Gasteiger partial charge in [0.2, 0.25) is 11.8 Å². The van der Waals surface area contributed by atoms with Crippen LogP contribution in [0, 0.1) is 12.9 Å². The van der Waals surface area contributed by atoms with Gasteiger partial charge < -0.3 is 9.84 Å². The Bertz CT molecular complexity index is 331. The Morgan fingerprint density at radius 1 is 1.44 bits per heavy atom. The van der Waals surface area contributed by atoms with Gasteiger partial charge in [-0.05, 0) is 31.4 Å². The molecule has 0 amide bonds. The first-order chi connectivity index (χ1) is 7.57. The predicted octanol–water partition coefficient (Wildman–Crippen LogP) is 2.46. The van der Waals surface area contributed by atoms with E-state index in [1.807, 2.05) is 13.8 Å². The van der Waals surface area contributed by atoms with Crippen molar-refractivity contribution in [1.29, 1.82) is 0 Å². The Morgan fingerprint density at radius 3 is 2.56 bits per heavy atom. The summed E-state index contributed by atoms with van der Waals surface area (Å²) in [6.45, 7) is 5.96. The van der Waals surface area contributed by atoms with Crippen LogP contribution in [-0.2, 0) is 0 Å². The molecule has 90 valence electrons. The molecular weight excluding hydrogens is 209 g/mol. The van der Waals surface area contributed by atoms with Crippen LogP contribution >= 0.6 is 0 Å². The zero-order chi connectivity index (χ0) is 12.2. The van der Waals surface area contributed by atoms with E-state index in [-0.39, 0.29) is 12.5 Å². The molecule has 0 aromatic carbocycles. The summed E-state index contributed by atoms with van der Waals surface area (Å²) in [5.41, 5.74) is 0.0670. The highest BCUT2D eigenvalue weighted by Crippen LogP contribution is 2.35. The van der Waals surface area contributed by atoms with E-state index in [9.17, 15) is 9.50 Å². The van der Waals surface area contributed by atoms with Crippen molar-refractivity contribution in [3.63, 3.8) is 0 Å². The summed E-state index contributed by atoms with van der Waals surface area (Å²) in [6, 6.07) is 2.98. The van der Waals surface area contributed by atoms with E-state index in [2.05, 4.69) is 4.98 Å². The minimum Gasteiger partial charge on any atom is -0.475 e. The summed E-state index contributed by atoms with van der Waals surface area (Å²) < 4.78 is 18.0. The second-order valence-electron chi connectivity index (χ2n) is 3.82. The number of aryl methyl sites for hydroxylation is 1. The van der Waals surface area contributed by atoms with Crippen molar-refractivity contribution in [2.24, 2.45) is 0 Å². The third kappa shape index (κ3) is 3.77. The molecule has 0 radical (unpaired) electrons. The third-order valence-electron chi connectivity index (χ3n) is 2.23. The fourth-order valence-electron chi connectivity index (χ4n) is 1.16. The standard InChI is InChI=1S/C10H12FNO2.C2H6/c1-7-4-8(11)12-9(5-7)14-6-10(13)2-3-10;1-2/h4-5,13H,2-3,6H2,1H3;1-2H3. The summed E-state index contributed by atoms with van der Waals surface area (Å²) in [5.74, 6) is -0.314. The van der Waals surface area contributed by atoms with Gasteiger partial charge in [0.25, 0.3) is 0 Å². The van der Waals surface area contributed by atoms with Crippen LogP contribution in [0.1, 0.15) is 32.3 Å². The van der Waals surface area contributed by atoms with Crippen molar-refractivity contribution in [1.82, 2.24) is 4.98 Å². The quantitative estimate of drug-likeness (QED) is 0.806. The van der Waals surface area contributed by atoms with E-state index in [0.29, 0.717) is 0 Å². The lowest BCUT2D eigenvalue weighted by Crippen LogP contribution is -2.19. The van der Waals surface area contributed by atoms with Crippen molar-refractivity contribution in [3.05, 3.63) is 23.6 Å². The second-order valence-corrected chi connectivity index (χ2v) is 3.82. The van der Waals surface area contributed by atoms with E-state index < -0.39 is 11.5 Å². The van der Waals surface area contributed by atoms with Crippen LogP contribution in [0.5, 0.6) is 5.88 Å². The number of pyridine rings is 1. The highest BCUT2D eigenvalue weighted by molar-refractivity contribution is 5.20. The molecule has 2 rings (SSSR count). The van der Waals surface area contributed by atoms with E-state index >= 15 is 0 Å². The first kappa shape index (κ1) is 12.9. The second kappa shape index (κ2) is 5.25. The molecule has 0 aliphatic heterocycles. The Hall–Kier alpha value is -1.16. The van der Waals surface area contributed by atoms with Gasteiger partial charge in [0.05, 0.1) is 5.60 Å². The molecule has 1 aliphatic rings. The first-order valence-electron chi connectivity index (χ1n) is 5.57. The normalized spacial score (nSPS) is 16.1. The number of rotatable bonds is 3. The topological polar surface area (TPSA) is 42.4 Å². The number of hydrogen-bond acceptors (Lipinski definition) is 3. The van der Waals surface area contributed by atoms with E-state index in [4.69, 9.17) is 4.74 Å². The number of nitrogens with zero attached hydrogens (tertiary/aromatic N) is 1. The molecule has 1 fully saturated rings. The number of ether oxygens (including phenoxy) is 1. The summed E-state index contributed by atoms with van der Waals surface area (Å²) in [7, 11) is 0. The molecule has 0 saturated heterocycles. The van der Waals surface area contributed by atoms with Gasteiger partial charge in [-0.1, -0.05) is 13.8 Å². The summed E-state index contributed by atoms with van der Waals surface area (Å²) in [4.78, 5) is 3.56. The van der Waals surface area contributed by atoms with Gasteiger partial charge in [0.1, 0.15) is 6.61 Å². The molecule has 0 unspecified atom stereocenters. The number of aromatic nitrogens is 1. The lowest BCUT2D eigenvalue weighted by Gasteiger charge is -2.09. The highest BCUT2D eigenvalue weighted by atomic mass is 19.1. The SMILES string of the molecule is CC.Cc1cc(F)nc(OCC2(O)CC2)c1. The zero-order valence-corrected chi connectivity index (χ0v) is 9.96. The molecule has 1 aliphatic carbocycles. The molecule has 1 saturated carbocycles. The number of hydrogen-bond donors (Lipinski definition) is 1. The van der Waals surface area contributed by atoms with Gasteiger partial charge in [0.15, 0.2) is 0 Å². The molecule has 1 heterocycles. The third-order valence-corrected chi connectivity index (χ3v) is 2.23. The van der Waals surface area contributed by atoms with E-state index in [1.165, 1.54) is 6.07 Å². The lowest BCUT2D eigenvalue weighted by molar-refractivity contribution is 0.0828. The molecule has 0 spiro atoms. The minimum absolute atomic E-state index is 0.197. The van der Waals surface area contributed by atoms with Crippen LogP contribution in [-0.4, -0.2) is 22.3 Å². The Labute approximate surface area is 95.3 Å². The highest BCUT2D eigenvalue weighted by Gasteiger charge is 2.41. The lowest BCUT2D eigenvalue weighted by atomic mass is 10.3. The Kier molecular flexibility index (Phi) is 4.24. The smallest absolute Gasteiger partial charge is 0.216 e. The molecule has 3 nitrogen and oxygen atoms in total. The van der Waals surface area contributed by atoms with E-state index in [0.717, 1.165) is 18.4 Å². The maximum absolute atomic E-state index is 12.8. The largest absolute Gasteiger partial charge is 0.475 e. The van der Waals surface area contributed by atoms with Gasteiger partial charge in [-0.2, -0.15) is 9.37 Å². The molecule has 0 atom stereocenters. The van der Waals surface area contributed by atoms with Gasteiger partial charge >= 0.3 is 0 Å². The van der Waals surface area contributed by atoms with Crippen molar-refractivity contribution >= 4 is 0 Å². The summed E-state index contributed by atoms with van der Waals surface area (Å²) in [6.07, 6.45) is 1.50. The Balaban J connectivity index is 0.000000606. The molecule has 1 N–H and O–H groups in total. The predicted molar refractivity (Wildman–Crippen MR) is 60.0 cm³/mol. The van der Waals surface area contributed by atoms with Gasteiger partial charge in [0, 0.05) is 6.07 Å². The molecule has 4 heteroatoms. The van der Waals surface area contributed by atoms with E-state index in [1.54, 1.807) is 13.0 Å². The van der Waals surface area contributed by atoms with Crippen molar-refractivity contribution in [2.45, 2.75) is 39.2 Å². The van der Waals surface area contributed by atoms with Crippen LogP contribution in [0.3, 0.4) is 0 Å². The van der Waals surface area contributed by atoms with Crippen LogP contribution in [0.15, 0.2) is 12.1 Å².